The van der Waals surface area contributed by atoms with Gasteiger partial charge >= 0.3 is 0 Å². The molecule has 3 aliphatic rings. The molecule has 2 saturated heterocycles. The molecule has 0 aromatic carbocycles. The zero-order chi connectivity index (χ0) is 8.73. The average Bonchev–Trinajstić information content (AvgIpc) is 2.74. The highest BCUT2D eigenvalue weighted by atomic mass is 15.5. The quantitative estimate of drug-likeness (QED) is 0.645. The minimum atomic E-state index is 0.0434. The van der Waals surface area contributed by atoms with E-state index in [1.165, 1.54) is 12.8 Å². The van der Waals surface area contributed by atoms with Crippen LogP contribution in [0.25, 0.3) is 0 Å². The lowest BCUT2D eigenvalue weighted by molar-refractivity contribution is 0.110. The number of nitrogens with zero attached hydrogens (tertiary/aromatic N) is 3. The van der Waals surface area contributed by atoms with Gasteiger partial charge in [-0.3, -0.25) is 0 Å². The Kier molecular flexibility index (Phi) is 1.44. The lowest BCUT2D eigenvalue weighted by Crippen LogP contribution is -2.53. The van der Waals surface area contributed by atoms with Crippen molar-refractivity contribution in [2.45, 2.75) is 31.2 Å². The molecule has 13 heavy (non-hydrogen) atoms. The van der Waals surface area contributed by atoms with Gasteiger partial charge in [-0.25, -0.2) is 0 Å². The zero-order valence-corrected chi connectivity index (χ0v) is 7.45. The first-order valence-electron chi connectivity index (χ1n) is 4.88. The lowest BCUT2D eigenvalue weighted by atomic mass is 9.72. The molecule has 70 valence electrons. The molecule has 3 fully saturated rings. The summed E-state index contributed by atoms with van der Waals surface area (Å²) in [5, 5.41) is 17.9. The number of rotatable bonds is 1. The van der Waals surface area contributed by atoms with Crippen molar-refractivity contribution in [1.29, 1.82) is 0 Å². The highest BCUT2D eigenvalue weighted by molar-refractivity contribution is 5.08. The minimum absolute atomic E-state index is 0.0434. The van der Waals surface area contributed by atoms with Crippen LogP contribution in [0.4, 0.5) is 0 Å². The second-order valence-electron chi connectivity index (χ2n) is 4.14. The molecule has 5 nitrogen and oxygen atoms in total. The van der Waals surface area contributed by atoms with E-state index < -0.39 is 0 Å². The third-order valence-electron chi connectivity index (χ3n) is 3.46. The van der Waals surface area contributed by atoms with Gasteiger partial charge in [0.05, 0.1) is 5.54 Å². The van der Waals surface area contributed by atoms with Gasteiger partial charge in [-0.2, -0.15) is 5.21 Å². The van der Waals surface area contributed by atoms with Crippen LogP contribution in [0.5, 0.6) is 0 Å². The highest BCUT2D eigenvalue weighted by Crippen LogP contribution is 2.41. The number of hydrogen-bond donors (Lipinski definition) is 2. The van der Waals surface area contributed by atoms with Gasteiger partial charge in [0.15, 0.2) is 5.82 Å². The third kappa shape index (κ3) is 0.997. The van der Waals surface area contributed by atoms with E-state index in [1.54, 1.807) is 0 Å². The van der Waals surface area contributed by atoms with Gasteiger partial charge in [0.2, 0.25) is 0 Å². The first-order valence-corrected chi connectivity index (χ1v) is 4.88. The molecule has 2 aliphatic heterocycles. The van der Waals surface area contributed by atoms with E-state index in [0.717, 1.165) is 31.1 Å². The Balaban J connectivity index is 1.95. The number of H-pyrrole nitrogens is 1. The maximum absolute atomic E-state index is 4.10. The molecule has 0 amide bonds. The van der Waals surface area contributed by atoms with Crippen LogP contribution in [0.15, 0.2) is 0 Å². The summed E-state index contributed by atoms with van der Waals surface area (Å²) in [5.74, 6) is 1.74. The summed E-state index contributed by atoms with van der Waals surface area (Å²) >= 11 is 0. The predicted octanol–water partition coefficient (Wildman–Crippen LogP) is 0.188. The fourth-order valence-electron chi connectivity index (χ4n) is 2.56. The molecule has 2 N–H and O–H groups in total. The van der Waals surface area contributed by atoms with E-state index in [9.17, 15) is 0 Å². The zero-order valence-electron chi connectivity index (χ0n) is 7.45. The van der Waals surface area contributed by atoms with E-state index in [1.807, 2.05) is 0 Å². The van der Waals surface area contributed by atoms with Gasteiger partial charge in [-0.05, 0) is 38.1 Å². The fourth-order valence-corrected chi connectivity index (χ4v) is 2.56. The van der Waals surface area contributed by atoms with Crippen molar-refractivity contribution in [1.82, 2.24) is 25.9 Å². The monoisotopic (exact) mass is 179 g/mol. The van der Waals surface area contributed by atoms with Crippen molar-refractivity contribution < 1.29 is 0 Å². The summed E-state index contributed by atoms with van der Waals surface area (Å²) < 4.78 is 0. The number of piperidine rings is 2. The largest absolute Gasteiger partial charge is 0.304 e. The van der Waals surface area contributed by atoms with Crippen LogP contribution in [0.2, 0.25) is 0 Å². The Morgan fingerprint density at radius 3 is 2.69 bits per heavy atom. The molecule has 0 spiro atoms. The molecule has 0 unspecified atom stereocenters. The molecule has 3 heterocycles. The molecule has 0 radical (unpaired) electrons. The number of hydrogen-bond acceptors (Lipinski definition) is 4. The molecule has 0 atom stereocenters. The molecular formula is C8H13N5. The first-order chi connectivity index (χ1) is 6.39. The molecule has 4 rings (SSSR count). The van der Waals surface area contributed by atoms with Crippen molar-refractivity contribution in [2.24, 2.45) is 5.92 Å². The molecule has 1 saturated carbocycles. The minimum Gasteiger partial charge on any atom is -0.304 e. The van der Waals surface area contributed by atoms with Crippen LogP contribution in [-0.4, -0.2) is 27.2 Å². The van der Waals surface area contributed by atoms with Crippen LogP contribution in [-0.2, 0) is 5.54 Å². The molecular weight excluding hydrogens is 166 g/mol. The van der Waals surface area contributed by atoms with Crippen molar-refractivity contribution in [3.63, 3.8) is 0 Å². The van der Waals surface area contributed by atoms with E-state index in [2.05, 4.69) is 25.9 Å². The Bertz CT molecular complexity index is 272. The Hall–Kier alpha value is -0.970. The van der Waals surface area contributed by atoms with E-state index in [0.29, 0.717) is 0 Å². The Morgan fingerprint density at radius 2 is 2.15 bits per heavy atom. The van der Waals surface area contributed by atoms with Gasteiger partial charge in [-0.15, -0.1) is 10.2 Å². The van der Waals surface area contributed by atoms with Gasteiger partial charge in [0.1, 0.15) is 0 Å². The average molecular weight is 179 g/mol. The number of aromatic amines is 1. The topological polar surface area (TPSA) is 66.5 Å². The predicted molar refractivity (Wildman–Crippen MR) is 45.8 cm³/mol. The molecule has 2 bridgehead atoms. The normalized spacial score (nSPS) is 38.0. The molecule has 1 aromatic heterocycles. The van der Waals surface area contributed by atoms with Gasteiger partial charge in [-0.1, -0.05) is 5.21 Å². The number of fused-ring (bicyclic) bond motifs is 3. The van der Waals surface area contributed by atoms with E-state index >= 15 is 0 Å². The standard InChI is InChI=1S/C8H13N5/c1-3-8(7-10-12-13-11-7)4-2-6(1)5-9-8/h6,9H,1-5H2,(H,10,11,12,13). The van der Waals surface area contributed by atoms with Crippen molar-refractivity contribution in [3.05, 3.63) is 5.82 Å². The lowest BCUT2D eigenvalue weighted by Gasteiger charge is -2.45. The van der Waals surface area contributed by atoms with Crippen LogP contribution < -0.4 is 5.32 Å². The first kappa shape index (κ1) is 7.44. The maximum atomic E-state index is 4.10. The maximum Gasteiger partial charge on any atom is 0.194 e. The summed E-state index contributed by atoms with van der Waals surface area (Å²) in [6.07, 6.45) is 4.94. The summed E-state index contributed by atoms with van der Waals surface area (Å²) in [5.41, 5.74) is 0.0434. The Labute approximate surface area is 76.3 Å². The van der Waals surface area contributed by atoms with Gasteiger partial charge in [0.25, 0.3) is 0 Å². The molecule has 1 aromatic rings. The van der Waals surface area contributed by atoms with Crippen molar-refractivity contribution >= 4 is 0 Å². The van der Waals surface area contributed by atoms with Gasteiger partial charge < -0.3 is 5.32 Å². The number of nitrogens with one attached hydrogen (secondary N) is 2. The molecule has 1 aliphatic carbocycles. The van der Waals surface area contributed by atoms with Crippen LogP contribution in [0.3, 0.4) is 0 Å². The smallest absolute Gasteiger partial charge is 0.194 e. The summed E-state index contributed by atoms with van der Waals surface area (Å²) in [4.78, 5) is 0. The fraction of sp³-hybridized carbons (Fsp3) is 0.875. The van der Waals surface area contributed by atoms with Crippen LogP contribution >= 0.6 is 0 Å². The van der Waals surface area contributed by atoms with E-state index in [-0.39, 0.29) is 5.54 Å². The van der Waals surface area contributed by atoms with Crippen molar-refractivity contribution in [3.8, 4) is 0 Å². The molecule has 5 heteroatoms. The summed E-state index contributed by atoms with van der Waals surface area (Å²) in [7, 11) is 0. The second kappa shape index (κ2) is 2.51. The third-order valence-corrected chi connectivity index (χ3v) is 3.46. The number of aromatic nitrogens is 4. The van der Waals surface area contributed by atoms with Crippen LogP contribution in [0.1, 0.15) is 31.5 Å². The number of tetrazole rings is 1. The van der Waals surface area contributed by atoms with Gasteiger partial charge in [0, 0.05) is 0 Å². The van der Waals surface area contributed by atoms with E-state index in [4.69, 9.17) is 0 Å². The Morgan fingerprint density at radius 1 is 1.31 bits per heavy atom. The second-order valence-corrected chi connectivity index (χ2v) is 4.14. The van der Waals surface area contributed by atoms with Crippen LogP contribution in [0, 0.1) is 5.92 Å². The summed E-state index contributed by atoms with van der Waals surface area (Å²) in [6, 6.07) is 0. The highest BCUT2D eigenvalue weighted by Gasteiger charge is 2.44. The SMILES string of the molecule is C1CC2(c3nn[nH]n3)CCC1CN2. The summed E-state index contributed by atoms with van der Waals surface area (Å²) in [6.45, 7) is 1.12. The van der Waals surface area contributed by atoms with Crippen molar-refractivity contribution in [2.75, 3.05) is 6.54 Å².